The van der Waals surface area contributed by atoms with E-state index in [2.05, 4.69) is 4.90 Å². The molecule has 2 aromatic rings. The van der Waals surface area contributed by atoms with Crippen molar-refractivity contribution >= 4 is 23.3 Å². The smallest absolute Gasteiger partial charge is 0.377 e. The molecule has 0 fully saturated rings. The molecule has 2 aromatic carbocycles. The lowest BCUT2D eigenvalue weighted by molar-refractivity contribution is -0.138. The van der Waals surface area contributed by atoms with Crippen molar-refractivity contribution in [1.29, 1.82) is 0 Å². The van der Waals surface area contributed by atoms with E-state index >= 15 is 0 Å². The Morgan fingerprint density at radius 3 is 2.52 bits per heavy atom. The van der Waals surface area contributed by atoms with Crippen molar-refractivity contribution in [3.8, 4) is 5.75 Å². The van der Waals surface area contributed by atoms with Crippen LogP contribution in [-0.2, 0) is 20.8 Å². The molecule has 0 aliphatic carbocycles. The normalized spacial score (nSPS) is 11.0. The van der Waals surface area contributed by atoms with Gasteiger partial charge in [-0.3, -0.25) is 0 Å². The number of ether oxygens (including phenoxy) is 3. The Labute approximate surface area is 152 Å². The molecule has 0 bridgehead atoms. The topological polar surface area (TPSA) is 48.0 Å². The van der Waals surface area contributed by atoms with Gasteiger partial charge in [0.2, 0.25) is 5.76 Å². The van der Waals surface area contributed by atoms with E-state index in [-0.39, 0.29) is 5.76 Å². The van der Waals surface area contributed by atoms with E-state index in [1.54, 1.807) is 18.2 Å². The molecule has 0 saturated heterocycles. The molecule has 0 amide bonds. The van der Waals surface area contributed by atoms with Crippen LogP contribution >= 0.6 is 11.6 Å². The second-order valence-corrected chi connectivity index (χ2v) is 5.69. The molecule has 6 heteroatoms. The molecule has 5 nitrogen and oxygen atoms in total. The van der Waals surface area contributed by atoms with Gasteiger partial charge in [0, 0.05) is 29.9 Å². The van der Waals surface area contributed by atoms with E-state index in [0.29, 0.717) is 17.3 Å². The number of esters is 1. The van der Waals surface area contributed by atoms with Gasteiger partial charge in [0.15, 0.2) is 0 Å². The van der Waals surface area contributed by atoms with Crippen LogP contribution in [0.4, 0.5) is 5.69 Å². The van der Waals surface area contributed by atoms with Crippen molar-refractivity contribution in [3.63, 3.8) is 0 Å². The molecular formula is C19H20ClNO4. The first-order chi connectivity index (χ1) is 12.0. The average Bonchev–Trinajstić information content (AvgIpc) is 2.63. The van der Waals surface area contributed by atoms with Gasteiger partial charge in [-0.25, -0.2) is 4.79 Å². The molecule has 2 rings (SSSR count). The third-order valence-electron chi connectivity index (χ3n) is 3.46. The SMILES string of the molecule is CO/C=C(/Oc1ccc(Cl)cc1CN(C)c1ccccc1)C(=O)OC. The molecule has 0 spiro atoms. The maximum absolute atomic E-state index is 11.8. The van der Waals surface area contributed by atoms with Crippen LogP contribution in [-0.4, -0.2) is 27.2 Å². The van der Waals surface area contributed by atoms with Crippen LogP contribution in [0.5, 0.6) is 5.75 Å². The summed E-state index contributed by atoms with van der Waals surface area (Å²) in [7, 11) is 4.67. The molecule has 0 radical (unpaired) electrons. The Morgan fingerprint density at radius 2 is 1.88 bits per heavy atom. The van der Waals surface area contributed by atoms with Gasteiger partial charge in [0.05, 0.1) is 14.2 Å². The summed E-state index contributed by atoms with van der Waals surface area (Å²) >= 11 is 6.13. The zero-order valence-electron chi connectivity index (χ0n) is 14.4. The maximum Gasteiger partial charge on any atom is 0.377 e. The Kier molecular flexibility index (Phi) is 6.71. The van der Waals surface area contributed by atoms with E-state index in [4.69, 9.17) is 25.8 Å². The summed E-state index contributed by atoms with van der Waals surface area (Å²) in [5.41, 5.74) is 1.87. The van der Waals surface area contributed by atoms with Gasteiger partial charge in [-0.15, -0.1) is 0 Å². The Hall–Kier alpha value is -2.66. The number of benzene rings is 2. The summed E-state index contributed by atoms with van der Waals surface area (Å²) in [5, 5.41) is 0.583. The van der Waals surface area contributed by atoms with Gasteiger partial charge in [-0.1, -0.05) is 29.8 Å². The molecule has 0 aliphatic rings. The number of carbonyl (C=O) groups is 1. The number of anilines is 1. The second kappa shape index (κ2) is 8.99. The fourth-order valence-electron chi connectivity index (χ4n) is 2.24. The molecule has 0 aliphatic heterocycles. The molecular weight excluding hydrogens is 342 g/mol. The van der Waals surface area contributed by atoms with Gasteiger partial charge in [-0.05, 0) is 30.3 Å². The third kappa shape index (κ3) is 5.16. The fraction of sp³-hybridized carbons (Fsp3) is 0.211. The van der Waals surface area contributed by atoms with Crippen LogP contribution in [0.15, 0.2) is 60.6 Å². The number of halogens is 1. The number of carbonyl (C=O) groups excluding carboxylic acids is 1. The summed E-state index contributed by atoms with van der Waals surface area (Å²) < 4.78 is 15.3. The van der Waals surface area contributed by atoms with Gasteiger partial charge < -0.3 is 19.1 Å². The molecule has 25 heavy (non-hydrogen) atoms. The van der Waals surface area contributed by atoms with Crippen LogP contribution < -0.4 is 9.64 Å². The van der Waals surface area contributed by atoms with Gasteiger partial charge in [0.25, 0.3) is 0 Å². The molecule has 132 valence electrons. The molecule has 0 atom stereocenters. The molecule has 0 N–H and O–H groups in total. The largest absolute Gasteiger partial charge is 0.500 e. The van der Waals surface area contributed by atoms with Gasteiger partial charge in [0.1, 0.15) is 12.0 Å². The van der Waals surface area contributed by atoms with Crippen LogP contribution in [0.1, 0.15) is 5.56 Å². The maximum atomic E-state index is 11.8. The number of rotatable bonds is 7. The minimum absolute atomic E-state index is 0.0454. The highest BCUT2D eigenvalue weighted by Gasteiger charge is 2.16. The van der Waals surface area contributed by atoms with E-state index in [9.17, 15) is 4.79 Å². The minimum Gasteiger partial charge on any atom is -0.500 e. The monoisotopic (exact) mass is 361 g/mol. The third-order valence-corrected chi connectivity index (χ3v) is 3.69. The van der Waals surface area contributed by atoms with E-state index in [1.807, 2.05) is 37.4 Å². The standard InChI is InChI=1S/C19H20ClNO4/c1-21(16-7-5-4-6-8-16)12-14-11-15(20)9-10-17(14)25-18(13-23-2)19(22)24-3/h4-11,13H,12H2,1-3H3/b18-13+. The summed E-state index contributed by atoms with van der Waals surface area (Å²) in [6.07, 6.45) is 1.20. The Bertz CT molecular complexity index is 746. The van der Waals surface area contributed by atoms with Gasteiger partial charge >= 0.3 is 5.97 Å². The predicted octanol–water partition coefficient (Wildman–Crippen LogP) is 4.02. The van der Waals surface area contributed by atoms with Crippen molar-refractivity contribution in [1.82, 2.24) is 0 Å². The number of methoxy groups -OCH3 is 2. The fourth-order valence-corrected chi connectivity index (χ4v) is 2.44. The zero-order valence-corrected chi connectivity index (χ0v) is 15.1. The van der Waals surface area contributed by atoms with E-state index in [0.717, 1.165) is 11.3 Å². The summed E-state index contributed by atoms with van der Waals surface area (Å²) in [6, 6.07) is 15.1. The molecule has 0 saturated carbocycles. The number of hydrogen-bond acceptors (Lipinski definition) is 5. The second-order valence-electron chi connectivity index (χ2n) is 5.26. The van der Waals surface area contributed by atoms with E-state index < -0.39 is 5.97 Å². The zero-order chi connectivity index (χ0) is 18.2. The first-order valence-corrected chi connectivity index (χ1v) is 7.96. The first kappa shape index (κ1) is 18.7. The van der Waals surface area contributed by atoms with Crippen LogP contribution in [0.25, 0.3) is 0 Å². The van der Waals surface area contributed by atoms with Crippen LogP contribution in [0.3, 0.4) is 0 Å². The van der Waals surface area contributed by atoms with Crippen molar-refractivity contribution in [2.24, 2.45) is 0 Å². The molecule has 0 heterocycles. The highest BCUT2D eigenvalue weighted by Crippen LogP contribution is 2.27. The number of para-hydroxylation sites is 1. The number of nitrogens with zero attached hydrogens (tertiary/aromatic N) is 1. The Balaban J connectivity index is 2.28. The van der Waals surface area contributed by atoms with Crippen LogP contribution in [0.2, 0.25) is 5.02 Å². The van der Waals surface area contributed by atoms with Crippen molar-refractivity contribution < 1.29 is 19.0 Å². The summed E-state index contributed by atoms with van der Waals surface area (Å²) in [5.74, 6) is -0.170. The quantitative estimate of drug-likeness (QED) is 0.423. The first-order valence-electron chi connectivity index (χ1n) is 7.59. The summed E-state index contributed by atoms with van der Waals surface area (Å²) in [6.45, 7) is 0.543. The lowest BCUT2D eigenvalue weighted by Gasteiger charge is -2.21. The Morgan fingerprint density at radius 1 is 1.16 bits per heavy atom. The molecule has 0 aromatic heterocycles. The van der Waals surface area contributed by atoms with Crippen molar-refractivity contribution in [2.45, 2.75) is 6.54 Å². The van der Waals surface area contributed by atoms with E-state index in [1.165, 1.54) is 20.5 Å². The lowest BCUT2D eigenvalue weighted by atomic mass is 10.1. The van der Waals surface area contributed by atoms with Crippen LogP contribution in [0, 0.1) is 0 Å². The predicted molar refractivity (Wildman–Crippen MR) is 97.7 cm³/mol. The van der Waals surface area contributed by atoms with Crippen molar-refractivity contribution in [3.05, 3.63) is 71.1 Å². The van der Waals surface area contributed by atoms with Gasteiger partial charge in [-0.2, -0.15) is 0 Å². The lowest BCUT2D eigenvalue weighted by Crippen LogP contribution is -2.18. The molecule has 0 unspecified atom stereocenters. The van der Waals surface area contributed by atoms with Crippen molar-refractivity contribution in [2.75, 3.05) is 26.2 Å². The number of hydrogen-bond donors (Lipinski definition) is 0. The average molecular weight is 362 g/mol. The highest BCUT2D eigenvalue weighted by atomic mass is 35.5. The highest BCUT2D eigenvalue weighted by molar-refractivity contribution is 6.30. The minimum atomic E-state index is -0.626. The summed E-state index contributed by atoms with van der Waals surface area (Å²) in [4.78, 5) is 13.8.